The summed E-state index contributed by atoms with van der Waals surface area (Å²) in [5.74, 6) is 1.51. The highest BCUT2D eigenvalue weighted by molar-refractivity contribution is 6.31. The lowest BCUT2D eigenvalue weighted by molar-refractivity contribution is -0.140. The Hall–Kier alpha value is -2.73. The first-order valence-corrected chi connectivity index (χ1v) is 11.3. The van der Waals surface area contributed by atoms with Gasteiger partial charge < -0.3 is 19.7 Å². The Balaban J connectivity index is 1.98. The van der Waals surface area contributed by atoms with Crippen molar-refractivity contribution in [3.05, 3.63) is 59.1 Å². The number of benzene rings is 2. The third-order valence-electron chi connectivity index (χ3n) is 5.01. The van der Waals surface area contributed by atoms with Gasteiger partial charge in [-0.2, -0.15) is 0 Å². The Bertz CT molecular complexity index is 871. The molecule has 0 bridgehead atoms. The molecule has 0 fully saturated rings. The van der Waals surface area contributed by atoms with E-state index < -0.39 is 6.04 Å². The van der Waals surface area contributed by atoms with Crippen molar-refractivity contribution in [1.82, 2.24) is 10.2 Å². The average molecular weight is 461 g/mol. The van der Waals surface area contributed by atoms with Gasteiger partial charge in [-0.3, -0.25) is 9.59 Å². The van der Waals surface area contributed by atoms with E-state index in [1.54, 1.807) is 25.0 Å². The molecule has 2 aromatic rings. The molecule has 0 radical (unpaired) electrons. The van der Waals surface area contributed by atoms with Gasteiger partial charge in [0.15, 0.2) is 0 Å². The number of hydrogen-bond acceptors (Lipinski definition) is 4. The summed E-state index contributed by atoms with van der Waals surface area (Å²) in [6.07, 6.45) is 0.798. The fourth-order valence-corrected chi connectivity index (χ4v) is 3.27. The zero-order chi connectivity index (χ0) is 23.5. The first-order valence-electron chi connectivity index (χ1n) is 10.9. The molecule has 0 spiro atoms. The van der Waals surface area contributed by atoms with E-state index in [9.17, 15) is 9.59 Å². The number of halogens is 1. The molecule has 0 aliphatic heterocycles. The molecule has 0 saturated heterocycles. The maximum Gasteiger partial charge on any atom is 0.242 e. The summed E-state index contributed by atoms with van der Waals surface area (Å²) in [5, 5.41) is 3.49. The molecule has 2 aromatic carbocycles. The van der Waals surface area contributed by atoms with Crippen molar-refractivity contribution >= 4 is 23.4 Å². The van der Waals surface area contributed by atoms with Crippen molar-refractivity contribution in [2.45, 2.75) is 46.2 Å². The number of ether oxygens (including phenoxy) is 2. The topological polar surface area (TPSA) is 67.9 Å². The maximum atomic E-state index is 13.1. The van der Waals surface area contributed by atoms with Crippen LogP contribution in [-0.4, -0.2) is 43.0 Å². The van der Waals surface area contributed by atoms with Crippen LogP contribution in [0.2, 0.25) is 5.02 Å². The van der Waals surface area contributed by atoms with Crippen molar-refractivity contribution in [2.75, 3.05) is 20.3 Å². The number of hydrogen-bond donors (Lipinski definition) is 1. The van der Waals surface area contributed by atoms with Crippen LogP contribution in [-0.2, 0) is 16.1 Å². The minimum atomic E-state index is -0.611. The summed E-state index contributed by atoms with van der Waals surface area (Å²) in [6.45, 7) is 7.03. The lowest BCUT2D eigenvalue weighted by Crippen LogP contribution is -2.48. The van der Waals surface area contributed by atoms with Crippen LogP contribution in [0.25, 0.3) is 0 Å². The summed E-state index contributed by atoms with van der Waals surface area (Å²) in [6, 6.07) is 14.0. The zero-order valence-corrected chi connectivity index (χ0v) is 20.0. The van der Waals surface area contributed by atoms with Crippen LogP contribution in [0.15, 0.2) is 48.5 Å². The summed E-state index contributed by atoms with van der Waals surface area (Å²) in [4.78, 5) is 27.3. The SMILES string of the molecule is COc1ccc(OCCCC(=O)N(Cc2ccccc2Cl)[C@H](C)C(=O)NCC(C)C)cc1. The van der Waals surface area contributed by atoms with E-state index in [0.717, 1.165) is 11.3 Å². The van der Waals surface area contributed by atoms with Gasteiger partial charge in [-0.1, -0.05) is 43.6 Å². The molecule has 0 unspecified atom stereocenters. The van der Waals surface area contributed by atoms with Crippen molar-refractivity contribution in [2.24, 2.45) is 5.92 Å². The molecule has 174 valence electrons. The molecule has 2 rings (SSSR count). The molecular weight excluding hydrogens is 428 g/mol. The molecule has 1 N–H and O–H groups in total. The lowest BCUT2D eigenvalue weighted by Gasteiger charge is -2.29. The van der Waals surface area contributed by atoms with Crippen molar-refractivity contribution in [1.29, 1.82) is 0 Å². The predicted molar refractivity (Wildman–Crippen MR) is 127 cm³/mol. The van der Waals surface area contributed by atoms with Gasteiger partial charge in [-0.05, 0) is 55.2 Å². The highest BCUT2D eigenvalue weighted by atomic mass is 35.5. The summed E-state index contributed by atoms with van der Waals surface area (Å²) in [7, 11) is 1.61. The van der Waals surface area contributed by atoms with E-state index >= 15 is 0 Å². The summed E-state index contributed by atoms with van der Waals surface area (Å²) < 4.78 is 10.9. The highest BCUT2D eigenvalue weighted by Crippen LogP contribution is 2.20. The van der Waals surface area contributed by atoms with Gasteiger partial charge in [0.2, 0.25) is 11.8 Å². The van der Waals surface area contributed by atoms with Crippen LogP contribution in [0.3, 0.4) is 0 Å². The molecular formula is C25H33ClN2O4. The Morgan fingerprint density at radius 2 is 1.69 bits per heavy atom. The Morgan fingerprint density at radius 1 is 1.03 bits per heavy atom. The van der Waals surface area contributed by atoms with E-state index in [1.165, 1.54) is 0 Å². The quantitative estimate of drug-likeness (QED) is 0.466. The molecule has 2 amide bonds. The minimum Gasteiger partial charge on any atom is -0.497 e. The van der Waals surface area contributed by atoms with Crippen LogP contribution >= 0.6 is 11.6 Å². The first-order chi connectivity index (χ1) is 15.3. The van der Waals surface area contributed by atoms with E-state index in [1.807, 2.05) is 56.3 Å². The number of rotatable bonds is 12. The van der Waals surface area contributed by atoms with Gasteiger partial charge in [-0.25, -0.2) is 0 Å². The minimum absolute atomic E-state index is 0.115. The molecule has 1 atom stereocenters. The van der Waals surface area contributed by atoms with E-state index in [2.05, 4.69) is 5.32 Å². The van der Waals surface area contributed by atoms with Gasteiger partial charge in [-0.15, -0.1) is 0 Å². The second kappa shape index (κ2) is 13.0. The monoisotopic (exact) mass is 460 g/mol. The van der Waals surface area contributed by atoms with E-state index in [4.69, 9.17) is 21.1 Å². The Morgan fingerprint density at radius 3 is 2.31 bits per heavy atom. The third kappa shape index (κ3) is 8.08. The van der Waals surface area contributed by atoms with Crippen LogP contribution < -0.4 is 14.8 Å². The molecule has 0 aromatic heterocycles. The van der Waals surface area contributed by atoms with Crippen molar-refractivity contribution < 1.29 is 19.1 Å². The smallest absolute Gasteiger partial charge is 0.242 e. The molecule has 0 aliphatic rings. The molecule has 0 saturated carbocycles. The van der Waals surface area contributed by atoms with Gasteiger partial charge in [0.05, 0.1) is 13.7 Å². The second-order valence-corrected chi connectivity index (χ2v) is 8.46. The normalized spacial score (nSPS) is 11.7. The largest absolute Gasteiger partial charge is 0.497 e. The van der Waals surface area contributed by atoms with Gasteiger partial charge in [0, 0.05) is 24.5 Å². The number of carbonyl (C=O) groups is 2. The van der Waals surface area contributed by atoms with Crippen molar-refractivity contribution in [3.8, 4) is 11.5 Å². The molecule has 32 heavy (non-hydrogen) atoms. The predicted octanol–water partition coefficient (Wildman–Crippen LogP) is 4.70. The van der Waals surface area contributed by atoms with E-state index in [-0.39, 0.29) is 24.8 Å². The number of nitrogens with one attached hydrogen (secondary N) is 1. The number of nitrogens with zero attached hydrogens (tertiary/aromatic N) is 1. The zero-order valence-electron chi connectivity index (χ0n) is 19.3. The van der Waals surface area contributed by atoms with Gasteiger partial charge in [0.1, 0.15) is 17.5 Å². The highest BCUT2D eigenvalue weighted by Gasteiger charge is 2.26. The van der Waals surface area contributed by atoms with E-state index in [0.29, 0.717) is 36.3 Å². The third-order valence-corrected chi connectivity index (χ3v) is 5.38. The molecule has 0 heterocycles. The van der Waals surface area contributed by atoms with Crippen LogP contribution in [0.1, 0.15) is 39.2 Å². The second-order valence-electron chi connectivity index (χ2n) is 8.06. The lowest BCUT2D eigenvalue weighted by atomic mass is 10.1. The summed E-state index contributed by atoms with van der Waals surface area (Å²) in [5.41, 5.74) is 0.806. The number of amides is 2. The molecule has 0 aliphatic carbocycles. The standard InChI is InChI=1S/C25H33ClN2O4/c1-18(2)16-27-25(30)19(3)28(17-20-8-5-6-9-23(20)26)24(29)10-7-15-32-22-13-11-21(31-4)12-14-22/h5-6,8-9,11-14,18-19H,7,10,15-17H2,1-4H3,(H,27,30)/t19-/m1/s1. The van der Waals surface area contributed by atoms with Gasteiger partial charge in [0.25, 0.3) is 0 Å². The fraction of sp³-hybridized carbons (Fsp3) is 0.440. The average Bonchev–Trinajstić information content (AvgIpc) is 2.79. The summed E-state index contributed by atoms with van der Waals surface area (Å²) >= 11 is 6.31. The number of methoxy groups -OCH3 is 1. The Kier molecular flexibility index (Phi) is 10.3. The fourth-order valence-electron chi connectivity index (χ4n) is 3.07. The number of carbonyl (C=O) groups excluding carboxylic acids is 2. The molecule has 6 nitrogen and oxygen atoms in total. The van der Waals surface area contributed by atoms with Crippen LogP contribution in [0, 0.1) is 5.92 Å². The van der Waals surface area contributed by atoms with Crippen LogP contribution in [0.5, 0.6) is 11.5 Å². The maximum absolute atomic E-state index is 13.1. The van der Waals surface area contributed by atoms with Crippen LogP contribution in [0.4, 0.5) is 0 Å². The molecule has 7 heteroatoms. The van der Waals surface area contributed by atoms with Gasteiger partial charge >= 0.3 is 0 Å². The Labute approximate surface area is 195 Å². The van der Waals surface area contributed by atoms with Crippen molar-refractivity contribution in [3.63, 3.8) is 0 Å². The first kappa shape index (κ1) is 25.5.